The minimum Gasteiger partial charge on any atom is -0.384 e. The lowest BCUT2D eigenvalue weighted by Gasteiger charge is -2.24. The maximum absolute atomic E-state index is 10.6. The van der Waals surface area contributed by atoms with Gasteiger partial charge in [-0.1, -0.05) is 48.6 Å². The van der Waals surface area contributed by atoms with Gasteiger partial charge in [-0.05, 0) is 24.1 Å². The van der Waals surface area contributed by atoms with Gasteiger partial charge in [0.1, 0.15) is 11.5 Å². The van der Waals surface area contributed by atoms with E-state index >= 15 is 0 Å². The first-order valence-electron chi connectivity index (χ1n) is 6.40. The van der Waals surface area contributed by atoms with Gasteiger partial charge < -0.3 is 5.11 Å². The van der Waals surface area contributed by atoms with Crippen molar-refractivity contribution >= 4 is 6.08 Å². The molecule has 2 unspecified atom stereocenters. The third kappa shape index (κ3) is 3.31. The summed E-state index contributed by atoms with van der Waals surface area (Å²) in [7, 11) is 0. The molecule has 0 fully saturated rings. The third-order valence-corrected chi connectivity index (χ3v) is 3.14. The summed E-state index contributed by atoms with van der Waals surface area (Å²) in [5.41, 5.74) is 0.432. The molecule has 0 aliphatic carbocycles. The quantitative estimate of drug-likeness (QED) is 0.922. The molecule has 0 aliphatic rings. The highest BCUT2D eigenvalue weighted by Crippen LogP contribution is 2.29. The molecule has 0 saturated carbocycles. The summed E-state index contributed by atoms with van der Waals surface area (Å²) in [4.78, 5) is 4.00. The van der Waals surface area contributed by atoms with Gasteiger partial charge in [-0.2, -0.15) is 5.26 Å². The fraction of sp³-hybridized carbons (Fsp3) is 0.176. The molecule has 0 radical (unpaired) electrons. The predicted octanol–water partition coefficient (Wildman–Crippen LogP) is 3.15. The first-order chi connectivity index (χ1) is 9.63. The smallest absolute Gasteiger partial charge is 0.105 e. The van der Waals surface area contributed by atoms with Crippen LogP contribution in [0.5, 0.6) is 0 Å². The lowest BCUT2D eigenvalue weighted by atomic mass is 9.84. The van der Waals surface area contributed by atoms with Crippen LogP contribution in [0.2, 0.25) is 0 Å². The van der Waals surface area contributed by atoms with Gasteiger partial charge >= 0.3 is 0 Å². The van der Waals surface area contributed by atoms with Crippen LogP contribution in [0.1, 0.15) is 24.0 Å². The Morgan fingerprint density at radius 2 is 2.00 bits per heavy atom. The summed E-state index contributed by atoms with van der Waals surface area (Å²) in [6.07, 6.45) is 6.73. The normalized spacial score (nSPS) is 15.4. The molecule has 0 aliphatic heterocycles. The number of nitrogens with zero attached hydrogens (tertiary/aromatic N) is 2. The second-order valence-corrected chi connectivity index (χ2v) is 4.82. The van der Waals surface area contributed by atoms with E-state index < -0.39 is 11.5 Å². The molecule has 3 heteroatoms. The Balaban J connectivity index is 2.25. The Bertz CT molecular complexity index is 612. The molecule has 2 atom stereocenters. The first kappa shape index (κ1) is 14.0. The van der Waals surface area contributed by atoms with Gasteiger partial charge in [0.05, 0.1) is 6.07 Å². The van der Waals surface area contributed by atoms with Gasteiger partial charge in [0, 0.05) is 12.4 Å². The molecule has 100 valence electrons. The number of aromatic nitrogens is 1. The zero-order chi connectivity index (χ0) is 14.4. The Labute approximate surface area is 118 Å². The fourth-order valence-electron chi connectivity index (χ4n) is 2.01. The molecule has 3 nitrogen and oxygen atoms in total. The maximum Gasteiger partial charge on any atom is 0.105 e. The number of rotatable bonds is 4. The minimum atomic E-state index is -1.26. The second kappa shape index (κ2) is 6.14. The monoisotopic (exact) mass is 264 g/mol. The van der Waals surface area contributed by atoms with Crippen LogP contribution in [0, 0.1) is 11.3 Å². The zero-order valence-electron chi connectivity index (χ0n) is 11.3. The van der Waals surface area contributed by atoms with Gasteiger partial charge in [0.15, 0.2) is 0 Å². The summed E-state index contributed by atoms with van der Waals surface area (Å²) >= 11 is 0. The lowest BCUT2D eigenvalue weighted by Crippen LogP contribution is -2.29. The van der Waals surface area contributed by atoms with Crippen LogP contribution in [0.15, 0.2) is 60.9 Å². The van der Waals surface area contributed by atoms with Crippen molar-refractivity contribution in [2.24, 2.45) is 0 Å². The highest BCUT2D eigenvalue weighted by atomic mass is 16.3. The summed E-state index contributed by atoms with van der Waals surface area (Å²) in [5, 5.41) is 19.9. The van der Waals surface area contributed by atoms with E-state index in [9.17, 15) is 10.4 Å². The minimum absolute atomic E-state index is 0.656. The van der Waals surface area contributed by atoms with Crippen LogP contribution >= 0.6 is 0 Å². The molecule has 0 amide bonds. The van der Waals surface area contributed by atoms with Gasteiger partial charge in [-0.3, -0.25) is 4.98 Å². The topological polar surface area (TPSA) is 56.9 Å². The summed E-state index contributed by atoms with van der Waals surface area (Å²) < 4.78 is 0. The van der Waals surface area contributed by atoms with E-state index in [0.29, 0.717) is 5.56 Å². The number of pyridine rings is 1. The highest BCUT2D eigenvalue weighted by molar-refractivity contribution is 5.51. The average molecular weight is 264 g/mol. The van der Waals surface area contributed by atoms with E-state index in [4.69, 9.17) is 0 Å². The van der Waals surface area contributed by atoms with Gasteiger partial charge in [-0.25, -0.2) is 0 Å². The number of aliphatic hydroxyl groups is 1. The molecule has 1 aromatic carbocycles. The standard InChI is InChI=1S/C17H16N2O/c1-17(20,10-9-14-6-3-2-4-7-14)16(12-18)15-8-5-11-19-13-15/h2-11,13,16,20H,1H3/b10-9+. The molecule has 2 aromatic rings. The molecule has 0 spiro atoms. The summed E-state index contributed by atoms with van der Waals surface area (Å²) in [6, 6.07) is 15.4. The van der Waals surface area contributed by atoms with Crippen LogP contribution in [0.3, 0.4) is 0 Å². The molecular weight excluding hydrogens is 248 g/mol. The van der Waals surface area contributed by atoms with Crippen molar-refractivity contribution in [3.05, 3.63) is 72.1 Å². The zero-order valence-corrected chi connectivity index (χ0v) is 11.3. The van der Waals surface area contributed by atoms with Crippen molar-refractivity contribution in [1.29, 1.82) is 5.26 Å². The first-order valence-corrected chi connectivity index (χ1v) is 6.40. The molecule has 20 heavy (non-hydrogen) atoms. The molecule has 1 heterocycles. The number of benzene rings is 1. The van der Waals surface area contributed by atoms with E-state index in [2.05, 4.69) is 11.1 Å². The van der Waals surface area contributed by atoms with Gasteiger partial charge in [0.25, 0.3) is 0 Å². The van der Waals surface area contributed by atoms with Crippen molar-refractivity contribution in [2.45, 2.75) is 18.4 Å². The number of hydrogen-bond donors (Lipinski definition) is 1. The molecule has 1 aromatic heterocycles. The van der Waals surface area contributed by atoms with Crippen molar-refractivity contribution in [3.63, 3.8) is 0 Å². The summed E-state index contributed by atoms with van der Waals surface area (Å²) in [6.45, 7) is 1.63. The SMILES string of the molecule is CC(O)(/C=C/c1ccccc1)C(C#N)c1cccnc1. The summed E-state index contributed by atoms with van der Waals surface area (Å²) in [5.74, 6) is -0.656. The number of nitriles is 1. The van der Waals surface area contributed by atoms with Gasteiger partial charge in [-0.15, -0.1) is 0 Å². The Hall–Kier alpha value is -2.44. The van der Waals surface area contributed by atoms with E-state index in [-0.39, 0.29) is 0 Å². The maximum atomic E-state index is 10.6. The Morgan fingerprint density at radius 1 is 1.25 bits per heavy atom. The fourth-order valence-corrected chi connectivity index (χ4v) is 2.01. The average Bonchev–Trinajstić information content (AvgIpc) is 2.48. The molecule has 1 N–H and O–H groups in total. The number of hydrogen-bond acceptors (Lipinski definition) is 3. The van der Waals surface area contributed by atoms with Crippen molar-refractivity contribution in [3.8, 4) is 6.07 Å². The molecule has 2 rings (SSSR count). The van der Waals surface area contributed by atoms with Crippen LogP contribution in [-0.4, -0.2) is 15.7 Å². The Morgan fingerprint density at radius 3 is 2.60 bits per heavy atom. The van der Waals surface area contributed by atoms with E-state index in [1.807, 2.05) is 36.4 Å². The van der Waals surface area contributed by atoms with Gasteiger partial charge in [0.2, 0.25) is 0 Å². The molecular formula is C17H16N2O. The van der Waals surface area contributed by atoms with E-state index in [1.165, 1.54) is 0 Å². The second-order valence-electron chi connectivity index (χ2n) is 4.82. The predicted molar refractivity (Wildman–Crippen MR) is 78.7 cm³/mol. The van der Waals surface area contributed by atoms with Crippen LogP contribution in [-0.2, 0) is 0 Å². The molecule has 0 saturated heterocycles. The van der Waals surface area contributed by atoms with Crippen molar-refractivity contribution in [2.75, 3.05) is 0 Å². The largest absolute Gasteiger partial charge is 0.384 e. The van der Waals surface area contributed by atoms with Crippen molar-refractivity contribution < 1.29 is 5.11 Å². The highest BCUT2D eigenvalue weighted by Gasteiger charge is 2.30. The van der Waals surface area contributed by atoms with Crippen LogP contribution in [0.25, 0.3) is 6.08 Å². The lowest BCUT2D eigenvalue weighted by molar-refractivity contribution is 0.0990. The third-order valence-electron chi connectivity index (χ3n) is 3.14. The molecule has 0 bridgehead atoms. The van der Waals surface area contributed by atoms with E-state index in [0.717, 1.165) is 5.56 Å². The Kier molecular flexibility index (Phi) is 4.29. The van der Waals surface area contributed by atoms with Crippen molar-refractivity contribution in [1.82, 2.24) is 4.98 Å². The van der Waals surface area contributed by atoms with E-state index in [1.54, 1.807) is 37.5 Å². The van der Waals surface area contributed by atoms with Crippen LogP contribution < -0.4 is 0 Å². The van der Waals surface area contributed by atoms with Crippen LogP contribution in [0.4, 0.5) is 0 Å².